The Morgan fingerprint density at radius 2 is 2.00 bits per heavy atom. The van der Waals surface area contributed by atoms with Crippen LogP contribution in [-0.2, 0) is 24.8 Å². The molecule has 1 aromatic heterocycles. The molecule has 2 aromatic rings. The van der Waals surface area contributed by atoms with E-state index < -0.39 is 5.97 Å². The molecular weight excluding hydrogens is 270 g/mol. The number of nitrogens with two attached hydrogens (primary N) is 1. The molecule has 0 spiro atoms. The summed E-state index contributed by atoms with van der Waals surface area (Å²) >= 11 is 0. The van der Waals surface area contributed by atoms with E-state index in [1.54, 1.807) is 14.2 Å². The van der Waals surface area contributed by atoms with Crippen LogP contribution < -0.4 is 10.5 Å². The Balaban J connectivity index is 2.06. The molecule has 0 amide bonds. The highest BCUT2D eigenvalue weighted by atomic mass is 16.5. The third-order valence-electron chi connectivity index (χ3n) is 3.22. The largest absolute Gasteiger partial charge is 0.497 e. The SMILES string of the molecule is CCc1nn(C)c(C(=O)OCc2ccc(OC)cc2)c1N. The van der Waals surface area contributed by atoms with Crippen LogP contribution in [0.1, 0.15) is 28.7 Å². The van der Waals surface area contributed by atoms with Gasteiger partial charge in [-0.2, -0.15) is 5.10 Å². The highest BCUT2D eigenvalue weighted by molar-refractivity contribution is 5.93. The van der Waals surface area contributed by atoms with Gasteiger partial charge in [0.25, 0.3) is 0 Å². The highest BCUT2D eigenvalue weighted by Gasteiger charge is 2.20. The van der Waals surface area contributed by atoms with Gasteiger partial charge in [-0.3, -0.25) is 4.68 Å². The molecule has 0 aliphatic carbocycles. The normalized spacial score (nSPS) is 10.4. The van der Waals surface area contributed by atoms with Crippen molar-refractivity contribution in [2.24, 2.45) is 7.05 Å². The van der Waals surface area contributed by atoms with E-state index in [1.807, 2.05) is 31.2 Å². The fourth-order valence-electron chi connectivity index (χ4n) is 2.04. The fourth-order valence-corrected chi connectivity index (χ4v) is 2.04. The molecule has 6 nitrogen and oxygen atoms in total. The lowest BCUT2D eigenvalue weighted by atomic mass is 10.2. The Morgan fingerprint density at radius 3 is 2.52 bits per heavy atom. The first kappa shape index (κ1) is 14.9. The lowest BCUT2D eigenvalue weighted by Crippen LogP contribution is -2.12. The van der Waals surface area contributed by atoms with E-state index >= 15 is 0 Å². The number of ether oxygens (including phenoxy) is 2. The van der Waals surface area contributed by atoms with Gasteiger partial charge in [-0.1, -0.05) is 19.1 Å². The van der Waals surface area contributed by atoms with Crippen molar-refractivity contribution < 1.29 is 14.3 Å². The van der Waals surface area contributed by atoms with Gasteiger partial charge in [-0.15, -0.1) is 0 Å². The Morgan fingerprint density at radius 1 is 1.33 bits per heavy atom. The van der Waals surface area contributed by atoms with Gasteiger partial charge in [0.05, 0.1) is 18.5 Å². The molecule has 21 heavy (non-hydrogen) atoms. The van der Waals surface area contributed by atoms with Crippen molar-refractivity contribution in [3.8, 4) is 5.75 Å². The first-order valence-corrected chi connectivity index (χ1v) is 6.68. The van der Waals surface area contributed by atoms with Gasteiger partial charge in [0.2, 0.25) is 0 Å². The van der Waals surface area contributed by atoms with Gasteiger partial charge in [-0.05, 0) is 24.1 Å². The lowest BCUT2D eigenvalue weighted by Gasteiger charge is -2.06. The molecule has 0 aliphatic heterocycles. The first-order chi connectivity index (χ1) is 10.1. The minimum atomic E-state index is -0.474. The summed E-state index contributed by atoms with van der Waals surface area (Å²) in [6.45, 7) is 2.11. The molecule has 6 heteroatoms. The van der Waals surface area contributed by atoms with Crippen molar-refractivity contribution in [1.82, 2.24) is 9.78 Å². The zero-order valence-corrected chi connectivity index (χ0v) is 12.4. The molecule has 1 aromatic carbocycles. The lowest BCUT2D eigenvalue weighted by molar-refractivity contribution is 0.0461. The van der Waals surface area contributed by atoms with E-state index in [0.29, 0.717) is 23.5 Å². The Kier molecular flexibility index (Phi) is 4.47. The molecule has 0 unspecified atom stereocenters. The van der Waals surface area contributed by atoms with E-state index in [4.69, 9.17) is 15.2 Å². The highest BCUT2D eigenvalue weighted by Crippen LogP contribution is 2.19. The second-order valence-corrected chi connectivity index (χ2v) is 4.61. The third-order valence-corrected chi connectivity index (χ3v) is 3.22. The number of nitrogen functional groups attached to an aromatic ring is 1. The van der Waals surface area contributed by atoms with Crippen LogP contribution in [0, 0.1) is 0 Å². The molecule has 1 heterocycles. The van der Waals surface area contributed by atoms with Gasteiger partial charge in [0.15, 0.2) is 5.69 Å². The molecule has 0 aliphatic rings. The predicted molar refractivity (Wildman–Crippen MR) is 79.1 cm³/mol. The summed E-state index contributed by atoms with van der Waals surface area (Å²) in [5, 5.41) is 4.20. The fraction of sp³-hybridized carbons (Fsp3) is 0.333. The van der Waals surface area contributed by atoms with Crippen LogP contribution in [0.5, 0.6) is 5.75 Å². The molecule has 2 rings (SSSR count). The van der Waals surface area contributed by atoms with Crippen LogP contribution in [0.3, 0.4) is 0 Å². The van der Waals surface area contributed by atoms with Crippen LogP contribution in [0.25, 0.3) is 0 Å². The van der Waals surface area contributed by atoms with E-state index in [2.05, 4.69) is 5.10 Å². The summed E-state index contributed by atoms with van der Waals surface area (Å²) in [5.74, 6) is 0.284. The van der Waals surface area contributed by atoms with E-state index in [0.717, 1.165) is 11.3 Å². The Bertz CT molecular complexity index is 632. The minimum absolute atomic E-state index is 0.176. The summed E-state index contributed by atoms with van der Waals surface area (Å²) in [5.41, 5.74) is 8.18. The second-order valence-electron chi connectivity index (χ2n) is 4.61. The monoisotopic (exact) mass is 289 g/mol. The zero-order chi connectivity index (χ0) is 15.4. The van der Waals surface area contributed by atoms with Crippen LogP contribution in [0.15, 0.2) is 24.3 Å². The summed E-state index contributed by atoms with van der Waals surface area (Å²) in [6.07, 6.45) is 0.672. The number of anilines is 1. The summed E-state index contributed by atoms with van der Waals surface area (Å²) in [6, 6.07) is 7.32. The number of rotatable bonds is 5. The standard InChI is InChI=1S/C15H19N3O3/c1-4-12-13(16)14(18(2)17-12)15(19)21-9-10-5-7-11(20-3)8-6-10/h5-8H,4,9,16H2,1-3H3. The zero-order valence-electron chi connectivity index (χ0n) is 12.4. The summed E-state index contributed by atoms with van der Waals surface area (Å²) < 4.78 is 11.8. The summed E-state index contributed by atoms with van der Waals surface area (Å²) in [4.78, 5) is 12.1. The molecule has 0 radical (unpaired) electrons. The third kappa shape index (κ3) is 3.16. The van der Waals surface area contributed by atoms with Gasteiger partial charge in [0.1, 0.15) is 12.4 Å². The average Bonchev–Trinajstić information content (AvgIpc) is 2.79. The van der Waals surface area contributed by atoms with Gasteiger partial charge >= 0.3 is 5.97 Å². The number of aryl methyl sites for hydroxylation is 2. The molecular formula is C15H19N3O3. The quantitative estimate of drug-likeness (QED) is 0.851. The molecule has 2 N–H and O–H groups in total. The topological polar surface area (TPSA) is 79.4 Å². The first-order valence-electron chi connectivity index (χ1n) is 6.68. The van der Waals surface area contributed by atoms with Gasteiger partial charge in [0, 0.05) is 7.05 Å². The number of benzene rings is 1. The van der Waals surface area contributed by atoms with Crippen molar-refractivity contribution in [3.63, 3.8) is 0 Å². The predicted octanol–water partition coefficient (Wildman–Crippen LogP) is 1.93. The maximum absolute atomic E-state index is 12.1. The van der Waals surface area contributed by atoms with Crippen molar-refractivity contribution in [2.45, 2.75) is 20.0 Å². The molecule has 0 bridgehead atoms. The smallest absolute Gasteiger partial charge is 0.359 e. The minimum Gasteiger partial charge on any atom is -0.497 e. The number of esters is 1. The van der Waals surface area contributed by atoms with Crippen LogP contribution in [0.2, 0.25) is 0 Å². The number of carbonyl (C=O) groups is 1. The van der Waals surface area contributed by atoms with Gasteiger partial charge in [-0.25, -0.2) is 4.79 Å². The molecule has 0 saturated heterocycles. The Labute approximate surface area is 123 Å². The van der Waals surface area contributed by atoms with E-state index in [-0.39, 0.29) is 6.61 Å². The molecule has 112 valence electrons. The number of hydrogen-bond acceptors (Lipinski definition) is 5. The van der Waals surface area contributed by atoms with Crippen LogP contribution >= 0.6 is 0 Å². The van der Waals surface area contributed by atoms with Crippen molar-refractivity contribution in [1.29, 1.82) is 0 Å². The number of nitrogens with zero attached hydrogens (tertiary/aromatic N) is 2. The van der Waals surface area contributed by atoms with E-state index in [1.165, 1.54) is 4.68 Å². The summed E-state index contributed by atoms with van der Waals surface area (Å²) in [7, 11) is 3.28. The van der Waals surface area contributed by atoms with Crippen LogP contribution in [-0.4, -0.2) is 22.9 Å². The second kappa shape index (κ2) is 6.30. The maximum atomic E-state index is 12.1. The molecule has 0 fully saturated rings. The van der Waals surface area contributed by atoms with Crippen molar-refractivity contribution in [3.05, 3.63) is 41.2 Å². The average molecular weight is 289 g/mol. The Hall–Kier alpha value is -2.50. The number of methoxy groups -OCH3 is 1. The number of aromatic nitrogens is 2. The van der Waals surface area contributed by atoms with E-state index in [9.17, 15) is 4.79 Å². The number of carbonyl (C=O) groups excluding carboxylic acids is 1. The molecule has 0 atom stereocenters. The van der Waals surface area contributed by atoms with Crippen molar-refractivity contribution in [2.75, 3.05) is 12.8 Å². The molecule has 0 saturated carbocycles. The van der Waals surface area contributed by atoms with Gasteiger partial charge < -0.3 is 15.2 Å². The maximum Gasteiger partial charge on any atom is 0.359 e. The number of hydrogen-bond donors (Lipinski definition) is 1. The van der Waals surface area contributed by atoms with Crippen LogP contribution in [0.4, 0.5) is 5.69 Å². The van der Waals surface area contributed by atoms with Crippen molar-refractivity contribution >= 4 is 11.7 Å².